The lowest BCUT2D eigenvalue weighted by molar-refractivity contribution is -0.123. The van der Waals surface area contributed by atoms with Crippen molar-refractivity contribution in [2.45, 2.75) is 43.7 Å². The van der Waals surface area contributed by atoms with Gasteiger partial charge in [0.2, 0.25) is 15.9 Å². The van der Waals surface area contributed by atoms with Crippen molar-refractivity contribution < 1.29 is 17.6 Å². The molecule has 5 nitrogen and oxygen atoms in total. The first-order chi connectivity index (χ1) is 12.3. The van der Waals surface area contributed by atoms with Crippen LogP contribution < -0.4 is 10.0 Å². The number of halogens is 1. The van der Waals surface area contributed by atoms with Crippen LogP contribution in [0.3, 0.4) is 0 Å². The number of hydrogen-bond acceptors (Lipinski definition) is 3. The molecule has 0 radical (unpaired) electrons. The Labute approximate surface area is 153 Å². The third-order valence-corrected chi connectivity index (χ3v) is 5.52. The maximum atomic E-state index is 13.7. The number of benzene rings is 2. The third kappa shape index (κ3) is 5.64. The van der Waals surface area contributed by atoms with Crippen LogP contribution in [0.15, 0.2) is 59.5 Å². The van der Waals surface area contributed by atoms with Crippen LogP contribution in [-0.2, 0) is 21.2 Å². The fourth-order valence-electron chi connectivity index (χ4n) is 2.48. The summed E-state index contributed by atoms with van der Waals surface area (Å²) in [6, 6.07) is 13.8. The summed E-state index contributed by atoms with van der Waals surface area (Å²) in [5.41, 5.74) is 1.17. The first kappa shape index (κ1) is 20.1. The van der Waals surface area contributed by atoms with Gasteiger partial charge in [0.15, 0.2) is 0 Å². The van der Waals surface area contributed by atoms with E-state index in [1.54, 1.807) is 0 Å². The van der Waals surface area contributed by atoms with Gasteiger partial charge in [-0.1, -0.05) is 42.5 Å². The van der Waals surface area contributed by atoms with E-state index in [4.69, 9.17) is 0 Å². The Morgan fingerprint density at radius 1 is 1.04 bits per heavy atom. The molecule has 140 valence electrons. The van der Waals surface area contributed by atoms with Gasteiger partial charge in [0.25, 0.3) is 0 Å². The highest BCUT2D eigenvalue weighted by atomic mass is 32.2. The van der Waals surface area contributed by atoms with Crippen molar-refractivity contribution in [1.82, 2.24) is 10.0 Å². The molecule has 0 aliphatic carbocycles. The van der Waals surface area contributed by atoms with Gasteiger partial charge in [-0.25, -0.2) is 12.8 Å². The summed E-state index contributed by atoms with van der Waals surface area (Å²) in [5, 5.41) is 2.78. The number of hydrogen-bond donors (Lipinski definition) is 2. The second kappa shape index (κ2) is 8.91. The molecule has 2 rings (SSSR count). The maximum absolute atomic E-state index is 13.7. The first-order valence-corrected chi connectivity index (χ1v) is 9.89. The van der Waals surface area contributed by atoms with Crippen molar-refractivity contribution >= 4 is 15.9 Å². The molecule has 1 amide bonds. The molecule has 7 heteroatoms. The van der Waals surface area contributed by atoms with E-state index in [2.05, 4.69) is 10.0 Å². The molecule has 0 heterocycles. The van der Waals surface area contributed by atoms with Gasteiger partial charge in [-0.15, -0.1) is 0 Å². The minimum atomic E-state index is -4.11. The monoisotopic (exact) mass is 378 g/mol. The van der Waals surface area contributed by atoms with E-state index in [1.807, 2.05) is 37.3 Å². The van der Waals surface area contributed by atoms with Gasteiger partial charge < -0.3 is 5.32 Å². The maximum Gasteiger partial charge on any atom is 0.244 e. The molecule has 0 saturated carbocycles. The molecule has 0 fully saturated rings. The van der Waals surface area contributed by atoms with Crippen LogP contribution in [0.5, 0.6) is 0 Å². The Morgan fingerprint density at radius 2 is 1.65 bits per heavy atom. The average Bonchev–Trinajstić information content (AvgIpc) is 2.60. The smallest absolute Gasteiger partial charge is 0.244 e. The molecular weight excluding hydrogens is 355 g/mol. The lowest BCUT2D eigenvalue weighted by atomic mass is 10.1. The van der Waals surface area contributed by atoms with Crippen molar-refractivity contribution in [3.05, 3.63) is 66.0 Å². The van der Waals surface area contributed by atoms with E-state index in [0.717, 1.165) is 25.0 Å². The molecule has 0 aliphatic heterocycles. The fourth-order valence-corrected chi connectivity index (χ4v) is 3.76. The van der Waals surface area contributed by atoms with Crippen molar-refractivity contribution in [1.29, 1.82) is 0 Å². The summed E-state index contributed by atoms with van der Waals surface area (Å²) >= 11 is 0. The molecule has 2 N–H and O–H groups in total. The van der Waals surface area contributed by atoms with Crippen LogP contribution >= 0.6 is 0 Å². The summed E-state index contributed by atoms with van der Waals surface area (Å²) < 4.78 is 40.4. The summed E-state index contributed by atoms with van der Waals surface area (Å²) in [5.74, 6) is -1.31. The predicted octanol–water partition coefficient (Wildman–Crippen LogP) is 2.63. The second-order valence-electron chi connectivity index (χ2n) is 6.21. The molecule has 0 saturated heterocycles. The summed E-state index contributed by atoms with van der Waals surface area (Å²) in [7, 11) is -4.11. The van der Waals surface area contributed by atoms with Crippen LogP contribution in [0.2, 0.25) is 0 Å². The first-order valence-electron chi connectivity index (χ1n) is 8.41. The number of carbonyl (C=O) groups excluding carboxylic acids is 1. The number of sulfonamides is 1. The Kier molecular flexibility index (Phi) is 6.88. The molecular formula is C19H23FN2O3S. The normalized spacial score (nSPS) is 13.8. The second-order valence-corrected chi connectivity index (χ2v) is 7.89. The lowest BCUT2D eigenvalue weighted by Crippen LogP contribution is -2.47. The molecule has 2 aromatic carbocycles. The van der Waals surface area contributed by atoms with Gasteiger partial charge in [-0.05, 0) is 44.4 Å². The standard InChI is InChI=1S/C19H23FN2O3S/c1-14(12-13-16-8-4-3-5-9-16)21-19(23)15(2)22-26(24,25)18-11-7-6-10-17(18)20/h3-11,14-15,22H,12-13H2,1-2H3,(H,21,23)/t14-,15-/m0/s1. The van der Waals surface area contributed by atoms with Gasteiger partial charge in [-0.2, -0.15) is 4.72 Å². The van der Waals surface area contributed by atoms with Crippen LogP contribution in [-0.4, -0.2) is 26.4 Å². The van der Waals surface area contributed by atoms with Crippen LogP contribution in [0, 0.1) is 5.82 Å². The Balaban J connectivity index is 1.89. The number of nitrogens with one attached hydrogen (secondary N) is 2. The van der Waals surface area contributed by atoms with Crippen LogP contribution in [0.25, 0.3) is 0 Å². The quantitative estimate of drug-likeness (QED) is 0.741. The van der Waals surface area contributed by atoms with Gasteiger partial charge in [0.1, 0.15) is 10.7 Å². The minimum Gasteiger partial charge on any atom is -0.352 e. The van der Waals surface area contributed by atoms with Gasteiger partial charge >= 0.3 is 0 Å². The fraction of sp³-hybridized carbons (Fsp3) is 0.316. The highest BCUT2D eigenvalue weighted by Crippen LogP contribution is 2.13. The van der Waals surface area contributed by atoms with E-state index < -0.39 is 32.7 Å². The van der Waals surface area contributed by atoms with Crippen molar-refractivity contribution in [2.24, 2.45) is 0 Å². The Morgan fingerprint density at radius 3 is 2.31 bits per heavy atom. The molecule has 0 aromatic heterocycles. The summed E-state index contributed by atoms with van der Waals surface area (Å²) in [4.78, 5) is 11.8. The molecule has 0 aliphatic rings. The van der Waals surface area contributed by atoms with Crippen molar-refractivity contribution in [3.8, 4) is 0 Å². The van der Waals surface area contributed by atoms with E-state index in [-0.39, 0.29) is 6.04 Å². The molecule has 0 unspecified atom stereocenters. The van der Waals surface area contributed by atoms with Crippen molar-refractivity contribution in [3.63, 3.8) is 0 Å². The van der Waals surface area contributed by atoms with E-state index in [9.17, 15) is 17.6 Å². The lowest BCUT2D eigenvalue weighted by Gasteiger charge is -2.19. The third-order valence-electron chi connectivity index (χ3n) is 3.95. The van der Waals surface area contributed by atoms with Crippen molar-refractivity contribution in [2.75, 3.05) is 0 Å². The average molecular weight is 378 g/mol. The van der Waals surface area contributed by atoms with Crippen LogP contribution in [0.1, 0.15) is 25.8 Å². The number of rotatable bonds is 8. The molecule has 0 spiro atoms. The summed E-state index contributed by atoms with van der Waals surface area (Å²) in [6.07, 6.45) is 1.53. The zero-order chi connectivity index (χ0) is 19.2. The Hall–Kier alpha value is -2.25. The van der Waals surface area contributed by atoms with E-state index in [1.165, 1.54) is 24.6 Å². The largest absolute Gasteiger partial charge is 0.352 e. The SMILES string of the molecule is C[C@H](NS(=O)(=O)c1ccccc1F)C(=O)N[C@@H](C)CCc1ccccc1. The van der Waals surface area contributed by atoms with Crippen LogP contribution in [0.4, 0.5) is 4.39 Å². The number of aryl methyl sites for hydroxylation is 1. The molecule has 26 heavy (non-hydrogen) atoms. The number of carbonyl (C=O) groups is 1. The summed E-state index contributed by atoms with van der Waals surface area (Å²) in [6.45, 7) is 3.29. The highest BCUT2D eigenvalue weighted by molar-refractivity contribution is 7.89. The highest BCUT2D eigenvalue weighted by Gasteiger charge is 2.25. The molecule has 2 aromatic rings. The minimum absolute atomic E-state index is 0.122. The zero-order valence-corrected chi connectivity index (χ0v) is 15.6. The predicted molar refractivity (Wildman–Crippen MR) is 98.6 cm³/mol. The number of amides is 1. The molecule has 2 atom stereocenters. The Bertz CT molecular complexity index is 841. The van der Waals surface area contributed by atoms with E-state index >= 15 is 0 Å². The molecule has 0 bridgehead atoms. The topological polar surface area (TPSA) is 75.3 Å². The zero-order valence-electron chi connectivity index (χ0n) is 14.8. The van der Waals surface area contributed by atoms with Gasteiger partial charge in [-0.3, -0.25) is 4.79 Å². The van der Waals surface area contributed by atoms with Gasteiger partial charge in [0, 0.05) is 6.04 Å². The van der Waals surface area contributed by atoms with E-state index in [0.29, 0.717) is 0 Å². The van der Waals surface area contributed by atoms with Gasteiger partial charge in [0.05, 0.1) is 6.04 Å².